The molecule has 2 aromatic rings. The molecule has 3 heteroatoms. The maximum Gasteiger partial charge on any atom is 0.308 e. The Balaban J connectivity index is 2.34. The summed E-state index contributed by atoms with van der Waals surface area (Å²) in [5.74, 6) is -0.291. The standard InChI is InChI=1S/C17H16O3/c1-3-13-8-10-14(11-9-13)17(19)15-6-4-5-7-16(15)20-12(2)18/h4-11H,3H2,1-2H3. The summed E-state index contributed by atoms with van der Waals surface area (Å²) in [4.78, 5) is 23.5. The van der Waals surface area contributed by atoms with Crippen LogP contribution in [-0.4, -0.2) is 11.8 Å². The van der Waals surface area contributed by atoms with Gasteiger partial charge in [-0.2, -0.15) is 0 Å². The lowest BCUT2D eigenvalue weighted by molar-refractivity contribution is -0.131. The van der Waals surface area contributed by atoms with E-state index in [0.29, 0.717) is 16.9 Å². The summed E-state index contributed by atoms with van der Waals surface area (Å²) < 4.78 is 5.07. The van der Waals surface area contributed by atoms with Gasteiger partial charge in [0.2, 0.25) is 0 Å². The van der Waals surface area contributed by atoms with E-state index in [9.17, 15) is 9.59 Å². The number of rotatable bonds is 4. The first-order chi connectivity index (χ1) is 9.61. The van der Waals surface area contributed by atoms with Crippen molar-refractivity contribution in [2.45, 2.75) is 20.3 Å². The Morgan fingerprint density at radius 1 is 1.00 bits per heavy atom. The van der Waals surface area contributed by atoms with Crippen LogP contribution in [0, 0.1) is 0 Å². The van der Waals surface area contributed by atoms with E-state index >= 15 is 0 Å². The van der Waals surface area contributed by atoms with Crippen LogP contribution in [0.25, 0.3) is 0 Å². The Morgan fingerprint density at radius 3 is 2.25 bits per heavy atom. The van der Waals surface area contributed by atoms with E-state index in [1.807, 2.05) is 12.1 Å². The van der Waals surface area contributed by atoms with Gasteiger partial charge in [0.1, 0.15) is 5.75 Å². The van der Waals surface area contributed by atoms with Gasteiger partial charge < -0.3 is 4.74 Å². The van der Waals surface area contributed by atoms with Crippen molar-refractivity contribution in [3.8, 4) is 5.75 Å². The first-order valence-corrected chi connectivity index (χ1v) is 6.53. The number of ketones is 1. The van der Waals surface area contributed by atoms with Gasteiger partial charge in [0, 0.05) is 12.5 Å². The van der Waals surface area contributed by atoms with Crippen molar-refractivity contribution < 1.29 is 14.3 Å². The molecule has 0 spiro atoms. The first kappa shape index (κ1) is 14.0. The van der Waals surface area contributed by atoms with Crippen LogP contribution >= 0.6 is 0 Å². The molecule has 0 radical (unpaired) electrons. The highest BCUT2D eigenvalue weighted by molar-refractivity contribution is 6.11. The fraction of sp³-hybridized carbons (Fsp3) is 0.176. The predicted molar refractivity (Wildman–Crippen MR) is 77.0 cm³/mol. The Hall–Kier alpha value is -2.42. The molecule has 0 saturated heterocycles. The molecule has 2 rings (SSSR count). The molecular formula is C17H16O3. The molecule has 0 aliphatic carbocycles. The van der Waals surface area contributed by atoms with Gasteiger partial charge in [-0.1, -0.05) is 43.3 Å². The number of benzene rings is 2. The molecule has 0 aliphatic rings. The number of aryl methyl sites for hydroxylation is 1. The molecule has 2 aromatic carbocycles. The highest BCUT2D eigenvalue weighted by atomic mass is 16.5. The van der Waals surface area contributed by atoms with Crippen LogP contribution in [0.1, 0.15) is 35.3 Å². The number of esters is 1. The third-order valence-corrected chi connectivity index (χ3v) is 3.01. The fourth-order valence-corrected chi connectivity index (χ4v) is 1.95. The summed E-state index contributed by atoms with van der Waals surface area (Å²) in [6.07, 6.45) is 0.929. The third-order valence-electron chi connectivity index (χ3n) is 3.01. The van der Waals surface area contributed by atoms with Crippen molar-refractivity contribution in [3.63, 3.8) is 0 Å². The Morgan fingerprint density at radius 2 is 1.65 bits per heavy atom. The smallest absolute Gasteiger partial charge is 0.308 e. The van der Waals surface area contributed by atoms with E-state index in [1.54, 1.807) is 36.4 Å². The van der Waals surface area contributed by atoms with Crippen molar-refractivity contribution in [3.05, 3.63) is 65.2 Å². The van der Waals surface area contributed by atoms with E-state index in [4.69, 9.17) is 4.74 Å². The molecule has 0 aromatic heterocycles. The molecule has 102 valence electrons. The highest BCUT2D eigenvalue weighted by Crippen LogP contribution is 2.22. The normalized spacial score (nSPS) is 10.1. The second-order valence-electron chi connectivity index (χ2n) is 4.47. The summed E-state index contributed by atoms with van der Waals surface area (Å²) in [5.41, 5.74) is 2.16. The zero-order chi connectivity index (χ0) is 14.5. The van der Waals surface area contributed by atoms with Crippen LogP contribution in [0.5, 0.6) is 5.75 Å². The second-order valence-corrected chi connectivity index (χ2v) is 4.47. The Kier molecular flexibility index (Phi) is 4.31. The van der Waals surface area contributed by atoms with E-state index < -0.39 is 5.97 Å². The minimum absolute atomic E-state index is 0.149. The van der Waals surface area contributed by atoms with Gasteiger partial charge in [-0.25, -0.2) is 0 Å². The van der Waals surface area contributed by atoms with Gasteiger partial charge in [0.05, 0.1) is 5.56 Å². The molecule has 0 bridgehead atoms. The third kappa shape index (κ3) is 3.12. The molecule has 0 N–H and O–H groups in total. The lowest BCUT2D eigenvalue weighted by Crippen LogP contribution is -2.08. The lowest BCUT2D eigenvalue weighted by Gasteiger charge is -2.08. The molecule has 0 aliphatic heterocycles. The topological polar surface area (TPSA) is 43.4 Å². The van der Waals surface area contributed by atoms with Crippen molar-refractivity contribution in [1.29, 1.82) is 0 Å². The van der Waals surface area contributed by atoms with Gasteiger partial charge in [-0.15, -0.1) is 0 Å². The van der Waals surface area contributed by atoms with Crippen LogP contribution < -0.4 is 4.74 Å². The van der Waals surface area contributed by atoms with Crippen LogP contribution in [0.15, 0.2) is 48.5 Å². The summed E-state index contributed by atoms with van der Waals surface area (Å²) in [5, 5.41) is 0. The van der Waals surface area contributed by atoms with Gasteiger partial charge in [0.15, 0.2) is 5.78 Å². The Labute approximate surface area is 118 Å². The number of carbonyl (C=O) groups excluding carboxylic acids is 2. The second kappa shape index (κ2) is 6.15. The minimum Gasteiger partial charge on any atom is -0.426 e. The molecule has 3 nitrogen and oxygen atoms in total. The average Bonchev–Trinajstić information content (AvgIpc) is 2.46. The zero-order valence-electron chi connectivity index (χ0n) is 11.6. The quantitative estimate of drug-likeness (QED) is 0.485. The molecule has 0 saturated carbocycles. The largest absolute Gasteiger partial charge is 0.426 e. The molecule has 0 atom stereocenters. The number of hydrogen-bond acceptors (Lipinski definition) is 3. The molecule has 0 fully saturated rings. The van der Waals surface area contributed by atoms with Gasteiger partial charge in [0.25, 0.3) is 0 Å². The van der Waals surface area contributed by atoms with Gasteiger partial charge in [-0.05, 0) is 24.1 Å². The van der Waals surface area contributed by atoms with E-state index in [1.165, 1.54) is 12.5 Å². The maximum atomic E-state index is 12.5. The van der Waals surface area contributed by atoms with Crippen molar-refractivity contribution >= 4 is 11.8 Å². The molecule has 0 heterocycles. The van der Waals surface area contributed by atoms with Crippen molar-refractivity contribution in [2.24, 2.45) is 0 Å². The van der Waals surface area contributed by atoms with E-state index in [0.717, 1.165) is 6.42 Å². The summed E-state index contributed by atoms with van der Waals surface area (Å²) in [7, 11) is 0. The minimum atomic E-state index is -0.438. The first-order valence-electron chi connectivity index (χ1n) is 6.53. The number of hydrogen-bond donors (Lipinski definition) is 0. The molecule has 0 unspecified atom stereocenters. The van der Waals surface area contributed by atoms with Crippen LogP contribution in [-0.2, 0) is 11.2 Å². The van der Waals surface area contributed by atoms with E-state index in [2.05, 4.69) is 6.92 Å². The molecule has 20 heavy (non-hydrogen) atoms. The SMILES string of the molecule is CCc1ccc(C(=O)c2ccccc2OC(C)=O)cc1. The predicted octanol–water partition coefficient (Wildman–Crippen LogP) is 3.41. The summed E-state index contributed by atoms with van der Waals surface area (Å²) >= 11 is 0. The monoisotopic (exact) mass is 268 g/mol. The number of carbonyl (C=O) groups is 2. The van der Waals surface area contributed by atoms with Crippen LogP contribution in [0.3, 0.4) is 0 Å². The van der Waals surface area contributed by atoms with E-state index in [-0.39, 0.29) is 5.78 Å². The number of para-hydroxylation sites is 1. The van der Waals surface area contributed by atoms with Crippen LogP contribution in [0.2, 0.25) is 0 Å². The van der Waals surface area contributed by atoms with Crippen molar-refractivity contribution in [1.82, 2.24) is 0 Å². The number of ether oxygens (including phenoxy) is 1. The Bertz CT molecular complexity index is 627. The summed E-state index contributed by atoms with van der Waals surface area (Å²) in [6, 6.07) is 14.2. The van der Waals surface area contributed by atoms with Gasteiger partial charge in [-0.3, -0.25) is 9.59 Å². The molecule has 0 amide bonds. The highest BCUT2D eigenvalue weighted by Gasteiger charge is 2.15. The lowest BCUT2D eigenvalue weighted by atomic mass is 10.0. The molecular weight excluding hydrogens is 252 g/mol. The average molecular weight is 268 g/mol. The fourth-order valence-electron chi connectivity index (χ4n) is 1.95. The zero-order valence-corrected chi connectivity index (χ0v) is 11.6. The van der Waals surface area contributed by atoms with Gasteiger partial charge >= 0.3 is 5.97 Å². The summed E-state index contributed by atoms with van der Waals surface area (Å²) in [6.45, 7) is 3.38. The van der Waals surface area contributed by atoms with Crippen molar-refractivity contribution in [2.75, 3.05) is 0 Å². The maximum absolute atomic E-state index is 12.5. The van der Waals surface area contributed by atoms with Crippen LogP contribution in [0.4, 0.5) is 0 Å².